The molecule has 0 amide bonds. The lowest BCUT2D eigenvalue weighted by Crippen LogP contribution is -2.47. The summed E-state index contributed by atoms with van der Waals surface area (Å²) in [5.74, 6) is 0. The fourth-order valence-electron chi connectivity index (χ4n) is 1.91. The summed E-state index contributed by atoms with van der Waals surface area (Å²) in [4.78, 5) is 10.6. The van der Waals surface area contributed by atoms with Crippen molar-refractivity contribution in [3.8, 4) is 0 Å². The highest BCUT2D eigenvalue weighted by atomic mass is 79.9. The second-order valence-electron chi connectivity index (χ2n) is 4.94. The molecule has 1 aliphatic rings. The van der Waals surface area contributed by atoms with Crippen molar-refractivity contribution in [3.05, 3.63) is 38.3 Å². The van der Waals surface area contributed by atoms with E-state index in [1.54, 1.807) is 6.07 Å². The first kappa shape index (κ1) is 13.5. The van der Waals surface area contributed by atoms with Gasteiger partial charge in [-0.2, -0.15) is 0 Å². The second-order valence-corrected chi connectivity index (χ2v) is 5.85. The van der Waals surface area contributed by atoms with Gasteiger partial charge in [-0.1, -0.05) is 22.9 Å². The van der Waals surface area contributed by atoms with Gasteiger partial charge in [0.15, 0.2) is 0 Å². The van der Waals surface area contributed by atoms with Crippen molar-refractivity contribution >= 4 is 21.6 Å². The molecule has 0 aromatic heterocycles. The third-order valence-corrected chi connectivity index (χ3v) is 3.51. The van der Waals surface area contributed by atoms with Crippen LogP contribution < -0.4 is 5.32 Å². The summed E-state index contributed by atoms with van der Waals surface area (Å²) < 4.78 is 5.88. The first-order chi connectivity index (χ1) is 8.50. The van der Waals surface area contributed by atoms with E-state index in [1.165, 1.54) is 6.07 Å². The van der Waals surface area contributed by atoms with E-state index >= 15 is 0 Å². The van der Waals surface area contributed by atoms with Crippen molar-refractivity contribution in [2.24, 2.45) is 5.41 Å². The van der Waals surface area contributed by atoms with Gasteiger partial charge in [0, 0.05) is 34.6 Å². The van der Waals surface area contributed by atoms with Crippen LogP contribution in [-0.4, -0.2) is 24.7 Å². The van der Waals surface area contributed by atoms with Gasteiger partial charge >= 0.3 is 0 Å². The molecule has 0 unspecified atom stereocenters. The molecule has 1 saturated heterocycles. The summed E-state index contributed by atoms with van der Waals surface area (Å²) in [5, 5.41) is 14.2. The van der Waals surface area contributed by atoms with Crippen molar-refractivity contribution in [1.82, 2.24) is 5.32 Å². The Labute approximate surface area is 114 Å². The Morgan fingerprint density at radius 1 is 1.56 bits per heavy atom. The van der Waals surface area contributed by atoms with Crippen molar-refractivity contribution in [2.45, 2.75) is 13.5 Å². The topological polar surface area (TPSA) is 64.4 Å². The SMILES string of the molecule is CC1(CNCc2ccc(Br)cc2[N+](=O)[O-])COC1. The van der Waals surface area contributed by atoms with Crippen LogP contribution in [0.15, 0.2) is 22.7 Å². The minimum Gasteiger partial charge on any atom is -0.380 e. The maximum atomic E-state index is 10.9. The van der Waals surface area contributed by atoms with Gasteiger partial charge in [0.2, 0.25) is 0 Å². The smallest absolute Gasteiger partial charge is 0.275 e. The van der Waals surface area contributed by atoms with Crippen LogP contribution in [0.1, 0.15) is 12.5 Å². The minimum atomic E-state index is -0.351. The Hall–Kier alpha value is -0.980. The predicted molar refractivity (Wildman–Crippen MR) is 71.4 cm³/mol. The Morgan fingerprint density at radius 2 is 2.28 bits per heavy atom. The average Bonchev–Trinajstić information content (AvgIpc) is 2.28. The van der Waals surface area contributed by atoms with E-state index in [-0.39, 0.29) is 16.0 Å². The number of rotatable bonds is 5. The van der Waals surface area contributed by atoms with Crippen molar-refractivity contribution in [3.63, 3.8) is 0 Å². The first-order valence-electron chi connectivity index (χ1n) is 5.71. The zero-order chi connectivity index (χ0) is 13.2. The van der Waals surface area contributed by atoms with Gasteiger partial charge in [-0.15, -0.1) is 0 Å². The van der Waals surface area contributed by atoms with Gasteiger partial charge in [0.1, 0.15) is 0 Å². The van der Waals surface area contributed by atoms with E-state index in [2.05, 4.69) is 28.2 Å². The normalized spacial score (nSPS) is 17.2. The van der Waals surface area contributed by atoms with Crippen molar-refractivity contribution < 1.29 is 9.66 Å². The van der Waals surface area contributed by atoms with Crippen LogP contribution in [-0.2, 0) is 11.3 Å². The van der Waals surface area contributed by atoms with Gasteiger partial charge in [0.05, 0.1) is 18.1 Å². The van der Waals surface area contributed by atoms with Crippen LogP contribution in [0.25, 0.3) is 0 Å². The molecule has 0 saturated carbocycles. The van der Waals surface area contributed by atoms with Gasteiger partial charge in [-0.3, -0.25) is 10.1 Å². The molecular formula is C12H15BrN2O3. The number of hydrogen-bond donors (Lipinski definition) is 1. The Morgan fingerprint density at radius 3 is 2.83 bits per heavy atom. The molecule has 1 fully saturated rings. The number of nitro groups is 1. The fourth-order valence-corrected chi connectivity index (χ4v) is 2.26. The molecule has 5 nitrogen and oxygen atoms in total. The molecule has 6 heteroatoms. The van der Waals surface area contributed by atoms with Crippen molar-refractivity contribution in [1.29, 1.82) is 0 Å². The number of nitrogens with zero attached hydrogens (tertiary/aromatic N) is 1. The monoisotopic (exact) mass is 314 g/mol. The Balaban J connectivity index is 1.98. The molecule has 1 N–H and O–H groups in total. The lowest BCUT2D eigenvalue weighted by Gasteiger charge is -2.38. The molecule has 0 aliphatic carbocycles. The maximum Gasteiger partial charge on any atom is 0.275 e. The van der Waals surface area contributed by atoms with E-state index < -0.39 is 0 Å². The molecule has 2 rings (SSSR count). The summed E-state index contributed by atoms with van der Waals surface area (Å²) >= 11 is 3.24. The molecule has 1 aromatic rings. The van der Waals surface area contributed by atoms with E-state index in [9.17, 15) is 10.1 Å². The minimum absolute atomic E-state index is 0.145. The van der Waals surface area contributed by atoms with E-state index in [0.717, 1.165) is 24.2 Å². The third-order valence-electron chi connectivity index (χ3n) is 3.01. The molecule has 0 atom stereocenters. The molecule has 1 heterocycles. The van der Waals surface area contributed by atoms with Gasteiger partial charge < -0.3 is 10.1 Å². The highest BCUT2D eigenvalue weighted by molar-refractivity contribution is 9.10. The third kappa shape index (κ3) is 3.07. The number of halogens is 1. The molecule has 1 aliphatic heterocycles. The molecule has 0 radical (unpaired) electrons. The van der Waals surface area contributed by atoms with Crippen LogP contribution >= 0.6 is 15.9 Å². The highest BCUT2D eigenvalue weighted by Gasteiger charge is 2.32. The Bertz CT molecular complexity index is 461. The second kappa shape index (κ2) is 5.34. The van der Waals surface area contributed by atoms with E-state index in [4.69, 9.17) is 4.74 Å². The highest BCUT2D eigenvalue weighted by Crippen LogP contribution is 2.26. The Kier molecular flexibility index (Phi) is 3.99. The first-order valence-corrected chi connectivity index (χ1v) is 6.51. The van der Waals surface area contributed by atoms with Crippen LogP contribution in [0.3, 0.4) is 0 Å². The van der Waals surface area contributed by atoms with Crippen molar-refractivity contribution in [2.75, 3.05) is 19.8 Å². The molecule has 0 bridgehead atoms. The number of nitrogens with one attached hydrogen (secondary N) is 1. The molecule has 98 valence electrons. The number of hydrogen-bond acceptors (Lipinski definition) is 4. The fraction of sp³-hybridized carbons (Fsp3) is 0.500. The van der Waals surface area contributed by atoms with Gasteiger partial charge in [0.25, 0.3) is 5.69 Å². The van der Waals surface area contributed by atoms with Gasteiger partial charge in [-0.25, -0.2) is 0 Å². The zero-order valence-corrected chi connectivity index (χ0v) is 11.7. The summed E-state index contributed by atoms with van der Waals surface area (Å²) in [5.41, 5.74) is 1.02. The van der Waals surface area contributed by atoms with Crippen LogP contribution in [0.2, 0.25) is 0 Å². The predicted octanol–water partition coefficient (Wildman–Crippen LogP) is 2.48. The molecule has 18 heavy (non-hydrogen) atoms. The molecule has 0 spiro atoms. The van der Waals surface area contributed by atoms with E-state index in [1.807, 2.05) is 6.07 Å². The molecule has 1 aromatic carbocycles. The quantitative estimate of drug-likeness (QED) is 0.670. The number of benzene rings is 1. The molecular weight excluding hydrogens is 300 g/mol. The average molecular weight is 315 g/mol. The lowest BCUT2D eigenvalue weighted by molar-refractivity contribution is -0.385. The number of nitro benzene ring substituents is 1. The summed E-state index contributed by atoms with van der Waals surface area (Å²) in [7, 11) is 0. The summed E-state index contributed by atoms with van der Waals surface area (Å²) in [6, 6.07) is 5.12. The number of ether oxygens (including phenoxy) is 1. The maximum absolute atomic E-state index is 10.9. The zero-order valence-electron chi connectivity index (χ0n) is 10.1. The largest absolute Gasteiger partial charge is 0.380 e. The summed E-state index contributed by atoms with van der Waals surface area (Å²) in [6.45, 7) is 4.95. The van der Waals surface area contributed by atoms with Crippen LogP contribution in [0.5, 0.6) is 0 Å². The van der Waals surface area contributed by atoms with Crippen LogP contribution in [0, 0.1) is 15.5 Å². The summed E-state index contributed by atoms with van der Waals surface area (Å²) in [6.07, 6.45) is 0. The standard InChI is InChI=1S/C12H15BrN2O3/c1-12(7-18-8-12)6-14-5-9-2-3-10(13)4-11(9)15(16)17/h2-4,14H,5-8H2,1H3. The lowest BCUT2D eigenvalue weighted by atomic mass is 9.89. The van der Waals surface area contributed by atoms with E-state index in [0.29, 0.717) is 12.1 Å². The van der Waals surface area contributed by atoms with Gasteiger partial charge in [-0.05, 0) is 12.1 Å². The van der Waals surface area contributed by atoms with Crippen LogP contribution in [0.4, 0.5) is 5.69 Å².